The summed E-state index contributed by atoms with van der Waals surface area (Å²) < 4.78 is 1.79. The second-order valence-electron chi connectivity index (χ2n) is 5.17. The Bertz CT molecular complexity index is 745. The van der Waals surface area contributed by atoms with Gasteiger partial charge < -0.3 is 5.73 Å². The third-order valence-corrected chi connectivity index (χ3v) is 3.52. The summed E-state index contributed by atoms with van der Waals surface area (Å²) in [5.74, 6) is 0. The maximum absolute atomic E-state index is 6.28. The molecule has 3 rings (SSSR count). The fraction of sp³-hybridized carbons (Fsp3) is 0.250. The third kappa shape index (κ3) is 2.42. The van der Waals surface area contributed by atoms with Crippen molar-refractivity contribution in [3.05, 3.63) is 59.5 Å². The molecule has 0 radical (unpaired) electrons. The van der Waals surface area contributed by atoms with E-state index in [1.165, 1.54) is 10.9 Å². The molecule has 4 heteroatoms. The first-order valence-electron chi connectivity index (χ1n) is 6.74. The van der Waals surface area contributed by atoms with E-state index < -0.39 is 0 Å². The lowest BCUT2D eigenvalue weighted by Gasteiger charge is -2.12. The smallest absolute Gasteiger partial charge is 0.0708 e. The predicted molar refractivity (Wildman–Crippen MR) is 80.3 cm³/mol. The molecule has 1 atom stereocenters. The highest BCUT2D eigenvalue weighted by atomic mass is 15.2. The maximum atomic E-state index is 6.28. The third-order valence-electron chi connectivity index (χ3n) is 3.52. The maximum Gasteiger partial charge on any atom is 0.0708 e. The van der Waals surface area contributed by atoms with E-state index in [0.29, 0.717) is 6.42 Å². The Kier molecular flexibility index (Phi) is 3.24. The van der Waals surface area contributed by atoms with Gasteiger partial charge in [-0.05, 0) is 30.7 Å². The number of aromatic nitrogens is 3. The highest BCUT2D eigenvalue weighted by Crippen LogP contribution is 2.21. The zero-order valence-electron chi connectivity index (χ0n) is 11.7. The van der Waals surface area contributed by atoms with Crippen molar-refractivity contribution in [2.75, 3.05) is 0 Å². The van der Waals surface area contributed by atoms with E-state index in [9.17, 15) is 0 Å². The Balaban J connectivity index is 1.93. The Morgan fingerprint density at radius 1 is 1.25 bits per heavy atom. The number of benzene rings is 1. The molecule has 2 N–H and O–H groups in total. The van der Waals surface area contributed by atoms with Crippen molar-refractivity contribution in [2.24, 2.45) is 12.8 Å². The molecule has 1 aromatic carbocycles. The molecule has 3 aromatic rings. The van der Waals surface area contributed by atoms with Gasteiger partial charge in [0, 0.05) is 25.1 Å². The molecule has 0 aliphatic rings. The molecule has 0 bridgehead atoms. The molecule has 2 heterocycles. The van der Waals surface area contributed by atoms with Gasteiger partial charge in [0.25, 0.3) is 0 Å². The van der Waals surface area contributed by atoms with Crippen LogP contribution >= 0.6 is 0 Å². The number of rotatable bonds is 3. The molecule has 0 amide bonds. The molecule has 20 heavy (non-hydrogen) atoms. The zero-order valence-corrected chi connectivity index (χ0v) is 11.7. The van der Waals surface area contributed by atoms with Crippen LogP contribution in [0.15, 0.2) is 42.6 Å². The molecule has 0 aliphatic heterocycles. The topological polar surface area (TPSA) is 56.7 Å². The van der Waals surface area contributed by atoms with Gasteiger partial charge in [-0.15, -0.1) is 0 Å². The largest absolute Gasteiger partial charge is 0.322 e. The minimum atomic E-state index is -0.131. The minimum absolute atomic E-state index is 0.131. The van der Waals surface area contributed by atoms with Crippen molar-refractivity contribution < 1.29 is 0 Å². The van der Waals surface area contributed by atoms with Gasteiger partial charge in [-0.25, -0.2) is 0 Å². The van der Waals surface area contributed by atoms with Gasteiger partial charge in [0.2, 0.25) is 0 Å². The van der Waals surface area contributed by atoms with Crippen LogP contribution < -0.4 is 5.73 Å². The molecular weight excluding hydrogens is 248 g/mol. The monoisotopic (exact) mass is 266 g/mol. The van der Waals surface area contributed by atoms with E-state index in [0.717, 1.165) is 16.9 Å². The second-order valence-corrected chi connectivity index (χ2v) is 5.17. The van der Waals surface area contributed by atoms with E-state index in [1.807, 2.05) is 37.5 Å². The number of para-hydroxylation sites is 1. The van der Waals surface area contributed by atoms with Crippen LogP contribution in [0.5, 0.6) is 0 Å². The van der Waals surface area contributed by atoms with Gasteiger partial charge >= 0.3 is 0 Å². The number of hydrogen-bond donors (Lipinski definition) is 1. The summed E-state index contributed by atoms with van der Waals surface area (Å²) in [5.41, 5.74) is 10.4. The summed E-state index contributed by atoms with van der Waals surface area (Å²) >= 11 is 0. The molecule has 102 valence electrons. The van der Waals surface area contributed by atoms with E-state index in [4.69, 9.17) is 5.73 Å². The summed E-state index contributed by atoms with van der Waals surface area (Å²) in [6, 6.07) is 12.1. The lowest BCUT2D eigenvalue weighted by molar-refractivity contribution is 0.662. The number of aryl methyl sites for hydroxylation is 2. The molecular formula is C16H18N4. The van der Waals surface area contributed by atoms with Gasteiger partial charge in [0.1, 0.15) is 0 Å². The van der Waals surface area contributed by atoms with Gasteiger partial charge in [0.15, 0.2) is 0 Å². The van der Waals surface area contributed by atoms with Crippen LogP contribution in [-0.2, 0) is 13.5 Å². The number of nitrogens with zero attached hydrogens (tertiary/aromatic N) is 3. The Hall–Kier alpha value is -2.20. The highest BCUT2D eigenvalue weighted by molar-refractivity contribution is 5.82. The molecule has 4 nitrogen and oxygen atoms in total. The number of nitrogens with two attached hydrogens (primary N) is 1. The summed E-state index contributed by atoms with van der Waals surface area (Å²) in [7, 11) is 1.91. The first-order valence-corrected chi connectivity index (χ1v) is 6.74. The van der Waals surface area contributed by atoms with Crippen molar-refractivity contribution in [1.29, 1.82) is 0 Å². The summed E-state index contributed by atoms with van der Waals surface area (Å²) in [5, 5.41) is 5.55. The molecule has 0 saturated heterocycles. The standard InChI is InChI=1S/C16H18N4/c1-11-9-16(18-15-6-4-3-5-13(11)15)14(17)10-12-7-8-20(2)19-12/h3-9,14H,10,17H2,1-2H3. The molecule has 0 fully saturated rings. The molecule has 1 unspecified atom stereocenters. The predicted octanol–water partition coefficient (Wildman–Crippen LogP) is 2.52. The van der Waals surface area contributed by atoms with Crippen LogP contribution in [0.25, 0.3) is 10.9 Å². The van der Waals surface area contributed by atoms with E-state index in [2.05, 4.69) is 29.1 Å². The summed E-state index contributed by atoms with van der Waals surface area (Å²) in [4.78, 5) is 4.68. The SMILES string of the molecule is Cc1cc(C(N)Cc2ccn(C)n2)nc2ccccc12. The highest BCUT2D eigenvalue weighted by Gasteiger charge is 2.12. The van der Waals surface area contributed by atoms with Gasteiger partial charge in [-0.2, -0.15) is 5.10 Å². The van der Waals surface area contributed by atoms with Gasteiger partial charge in [-0.3, -0.25) is 9.67 Å². The lowest BCUT2D eigenvalue weighted by atomic mass is 10.0. The van der Waals surface area contributed by atoms with Gasteiger partial charge in [-0.1, -0.05) is 18.2 Å². The summed E-state index contributed by atoms with van der Waals surface area (Å²) in [6.07, 6.45) is 2.63. The van der Waals surface area contributed by atoms with Crippen LogP contribution in [0, 0.1) is 6.92 Å². The average molecular weight is 266 g/mol. The number of fused-ring (bicyclic) bond motifs is 1. The Labute approximate surface area is 118 Å². The fourth-order valence-electron chi connectivity index (χ4n) is 2.47. The van der Waals surface area contributed by atoms with Crippen molar-refractivity contribution >= 4 is 10.9 Å². The lowest BCUT2D eigenvalue weighted by Crippen LogP contribution is -2.15. The molecule has 2 aromatic heterocycles. The molecule has 0 saturated carbocycles. The minimum Gasteiger partial charge on any atom is -0.322 e. The number of hydrogen-bond acceptors (Lipinski definition) is 3. The van der Waals surface area contributed by atoms with Crippen LogP contribution in [0.2, 0.25) is 0 Å². The molecule has 0 aliphatic carbocycles. The summed E-state index contributed by atoms with van der Waals surface area (Å²) in [6.45, 7) is 2.10. The van der Waals surface area contributed by atoms with Gasteiger partial charge in [0.05, 0.1) is 22.9 Å². The van der Waals surface area contributed by atoms with E-state index in [-0.39, 0.29) is 6.04 Å². The van der Waals surface area contributed by atoms with Crippen LogP contribution in [0.4, 0.5) is 0 Å². The zero-order chi connectivity index (χ0) is 14.1. The average Bonchev–Trinajstić information content (AvgIpc) is 2.84. The quantitative estimate of drug-likeness (QED) is 0.792. The Morgan fingerprint density at radius 2 is 2.05 bits per heavy atom. The first kappa shape index (κ1) is 12.8. The number of pyridine rings is 1. The van der Waals surface area contributed by atoms with Crippen LogP contribution in [0.3, 0.4) is 0 Å². The van der Waals surface area contributed by atoms with Crippen molar-refractivity contribution in [3.8, 4) is 0 Å². The van der Waals surface area contributed by atoms with Crippen LogP contribution in [-0.4, -0.2) is 14.8 Å². The fourth-order valence-corrected chi connectivity index (χ4v) is 2.47. The Morgan fingerprint density at radius 3 is 2.80 bits per heavy atom. The van der Waals surface area contributed by atoms with E-state index in [1.54, 1.807) is 4.68 Å². The van der Waals surface area contributed by atoms with Crippen molar-refractivity contribution in [2.45, 2.75) is 19.4 Å². The van der Waals surface area contributed by atoms with Crippen molar-refractivity contribution in [1.82, 2.24) is 14.8 Å². The second kappa shape index (κ2) is 5.06. The van der Waals surface area contributed by atoms with Crippen LogP contribution in [0.1, 0.15) is 23.0 Å². The normalized spacial score (nSPS) is 12.8. The van der Waals surface area contributed by atoms with Crippen molar-refractivity contribution in [3.63, 3.8) is 0 Å². The molecule has 0 spiro atoms. The van der Waals surface area contributed by atoms with E-state index >= 15 is 0 Å². The first-order chi connectivity index (χ1) is 9.63.